The lowest BCUT2D eigenvalue weighted by atomic mass is 9.93. The van der Waals surface area contributed by atoms with Crippen molar-refractivity contribution in [2.75, 3.05) is 26.2 Å². The largest absolute Gasteiger partial charge is 0.376 e. The lowest BCUT2D eigenvalue weighted by molar-refractivity contribution is -0.131. The van der Waals surface area contributed by atoms with Gasteiger partial charge in [0.2, 0.25) is 5.91 Å². The first-order chi connectivity index (χ1) is 11.7. The number of pyridine rings is 1. The van der Waals surface area contributed by atoms with Crippen molar-refractivity contribution in [1.29, 1.82) is 0 Å². The molecule has 2 aliphatic heterocycles. The normalized spacial score (nSPS) is 25.5. The van der Waals surface area contributed by atoms with E-state index >= 15 is 0 Å². The highest BCUT2D eigenvalue weighted by Gasteiger charge is 2.44. The Balaban J connectivity index is 1.50. The molecule has 1 aromatic rings. The van der Waals surface area contributed by atoms with Gasteiger partial charge < -0.3 is 15.0 Å². The van der Waals surface area contributed by atoms with E-state index in [0.717, 1.165) is 19.4 Å². The van der Waals surface area contributed by atoms with E-state index < -0.39 is 0 Å². The summed E-state index contributed by atoms with van der Waals surface area (Å²) < 4.78 is 5.86. The smallest absolute Gasteiger partial charge is 0.251 e. The van der Waals surface area contributed by atoms with Gasteiger partial charge in [-0.05, 0) is 18.6 Å². The summed E-state index contributed by atoms with van der Waals surface area (Å²) in [7, 11) is 0. The van der Waals surface area contributed by atoms with E-state index in [1.165, 1.54) is 0 Å². The molecule has 0 unspecified atom stereocenters. The Morgan fingerprint density at radius 3 is 2.88 bits per heavy atom. The fourth-order valence-electron chi connectivity index (χ4n) is 3.53. The highest BCUT2D eigenvalue weighted by molar-refractivity contribution is 5.93. The summed E-state index contributed by atoms with van der Waals surface area (Å²) in [5.74, 6) is 0.738. The zero-order valence-corrected chi connectivity index (χ0v) is 14.1. The van der Waals surface area contributed by atoms with E-state index in [4.69, 9.17) is 4.74 Å². The number of hydrogen-bond donors (Lipinski definition) is 1. The monoisotopic (exact) mass is 331 g/mol. The predicted octanol–water partition coefficient (Wildman–Crippen LogP) is 1.47. The van der Waals surface area contributed by atoms with Crippen LogP contribution in [0.5, 0.6) is 0 Å². The Labute approximate surface area is 142 Å². The number of fused-ring (bicyclic) bond motifs is 1. The second-order valence-corrected chi connectivity index (χ2v) is 6.64. The summed E-state index contributed by atoms with van der Waals surface area (Å²) in [4.78, 5) is 30.2. The molecule has 0 aliphatic carbocycles. The van der Waals surface area contributed by atoms with Gasteiger partial charge in [0.25, 0.3) is 5.91 Å². The fraction of sp³-hybridized carbons (Fsp3) is 0.611. The molecule has 2 aliphatic rings. The van der Waals surface area contributed by atoms with Crippen LogP contribution in [0.3, 0.4) is 0 Å². The summed E-state index contributed by atoms with van der Waals surface area (Å²) in [6.45, 7) is 4.78. The standard InChI is InChI=1S/C18H25N3O3/c1-2-3-4-17(22)21-10-15-14(12-24-16(15)11-21)9-20-18(23)13-5-7-19-8-6-13/h5-8,14-16H,2-4,9-12H2,1H3,(H,20,23)/t14-,15+,16+/m0/s1. The minimum atomic E-state index is -0.0882. The number of ether oxygens (including phenoxy) is 1. The molecule has 3 heterocycles. The molecule has 1 N–H and O–H groups in total. The minimum Gasteiger partial charge on any atom is -0.376 e. The number of nitrogens with zero attached hydrogens (tertiary/aromatic N) is 2. The van der Waals surface area contributed by atoms with Crippen molar-refractivity contribution in [1.82, 2.24) is 15.2 Å². The summed E-state index contributed by atoms with van der Waals surface area (Å²) in [6.07, 6.45) is 5.95. The molecule has 2 fully saturated rings. The predicted molar refractivity (Wildman–Crippen MR) is 89.4 cm³/mol. The fourth-order valence-corrected chi connectivity index (χ4v) is 3.53. The van der Waals surface area contributed by atoms with Crippen LogP contribution in [0.4, 0.5) is 0 Å². The molecule has 0 spiro atoms. The second-order valence-electron chi connectivity index (χ2n) is 6.64. The highest BCUT2D eigenvalue weighted by atomic mass is 16.5. The van der Waals surface area contributed by atoms with Gasteiger partial charge in [0.05, 0.1) is 12.7 Å². The molecule has 0 aromatic carbocycles. The molecule has 6 nitrogen and oxygen atoms in total. The van der Waals surface area contributed by atoms with Gasteiger partial charge in [-0.2, -0.15) is 0 Å². The Morgan fingerprint density at radius 1 is 1.33 bits per heavy atom. The first-order valence-corrected chi connectivity index (χ1v) is 8.76. The minimum absolute atomic E-state index is 0.0882. The van der Waals surface area contributed by atoms with E-state index in [2.05, 4.69) is 17.2 Å². The van der Waals surface area contributed by atoms with Crippen LogP contribution < -0.4 is 5.32 Å². The molecule has 3 rings (SSSR count). The Bertz CT molecular complexity index is 578. The van der Waals surface area contributed by atoms with Gasteiger partial charge in [-0.15, -0.1) is 0 Å². The van der Waals surface area contributed by atoms with Crippen LogP contribution in [0.2, 0.25) is 0 Å². The summed E-state index contributed by atoms with van der Waals surface area (Å²) in [5.41, 5.74) is 0.614. The van der Waals surface area contributed by atoms with Gasteiger partial charge in [-0.3, -0.25) is 14.6 Å². The molecule has 0 saturated carbocycles. The number of unbranched alkanes of at least 4 members (excludes halogenated alkanes) is 1. The molecule has 6 heteroatoms. The maximum atomic E-state index is 12.2. The number of rotatable bonds is 6. The van der Waals surface area contributed by atoms with Crippen molar-refractivity contribution >= 4 is 11.8 Å². The van der Waals surface area contributed by atoms with E-state index in [-0.39, 0.29) is 23.8 Å². The lowest BCUT2D eigenvalue weighted by Gasteiger charge is -2.20. The van der Waals surface area contributed by atoms with Crippen LogP contribution in [0.15, 0.2) is 24.5 Å². The second kappa shape index (κ2) is 7.75. The average molecular weight is 331 g/mol. The Morgan fingerprint density at radius 2 is 2.12 bits per heavy atom. The quantitative estimate of drug-likeness (QED) is 0.857. The first kappa shape index (κ1) is 16.9. The average Bonchev–Trinajstić information content (AvgIpc) is 3.19. The maximum absolute atomic E-state index is 12.2. The third kappa shape index (κ3) is 3.75. The van der Waals surface area contributed by atoms with Gasteiger partial charge in [0, 0.05) is 55.8 Å². The maximum Gasteiger partial charge on any atom is 0.251 e. The molecule has 24 heavy (non-hydrogen) atoms. The van der Waals surface area contributed by atoms with Crippen molar-refractivity contribution in [3.8, 4) is 0 Å². The topological polar surface area (TPSA) is 71.5 Å². The molecular formula is C18H25N3O3. The molecule has 3 atom stereocenters. The number of nitrogens with one attached hydrogen (secondary N) is 1. The van der Waals surface area contributed by atoms with Crippen molar-refractivity contribution < 1.29 is 14.3 Å². The van der Waals surface area contributed by atoms with Crippen molar-refractivity contribution in [3.63, 3.8) is 0 Å². The molecule has 0 bridgehead atoms. The third-order valence-corrected chi connectivity index (χ3v) is 5.00. The molecule has 2 saturated heterocycles. The molecule has 1 aromatic heterocycles. The third-order valence-electron chi connectivity index (χ3n) is 5.00. The summed E-state index contributed by atoms with van der Waals surface area (Å²) in [6, 6.07) is 3.40. The zero-order valence-electron chi connectivity index (χ0n) is 14.1. The number of amides is 2. The van der Waals surface area contributed by atoms with Crippen LogP contribution in [0.1, 0.15) is 36.5 Å². The number of aromatic nitrogens is 1. The number of hydrogen-bond acceptors (Lipinski definition) is 4. The van der Waals surface area contributed by atoms with E-state index in [9.17, 15) is 9.59 Å². The van der Waals surface area contributed by atoms with Crippen molar-refractivity contribution in [2.24, 2.45) is 11.8 Å². The van der Waals surface area contributed by atoms with Gasteiger partial charge in [0.1, 0.15) is 0 Å². The van der Waals surface area contributed by atoms with E-state index in [0.29, 0.717) is 37.6 Å². The van der Waals surface area contributed by atoms with Crippen LogP contribution in [-0.4, -0.2) is 54.0 Å². The van der Waals surface area contributed by atoms with Crippen molar-refractivity contribution in [3.05, 3.63) is 30.1 Å². The van der Waals surface area contributed by atoms with E-state index in [1.54, 1.807) is 24.5 Å². The summed E-state index contributed by atoms with van der Waals surface area (Å²) >= 11 is 0. The van der Waals surface area contributed by atoms with Gasteiger partial charge in [0.15, 0.2) is 0 Å². The van der Waals surface area contributed by atoms with Gasteiger partial charge in [-0.1, -0.05) is 13.3 Å². The molecule has 130 valence electrons. The lowest BCUT2D eigenvalue weighted by Crippen LogP contribution is -2.35. The van der Waals surface area contributed by atoms with Crippen molar-refractivity contribution in [2.45, 2.75) is 32.3 Å². The molecular weight excluding hydrogens is 306 g/mol. The molecule has 0 radical (unpaired) electrons. The highest BCUT2D eigenvalue weighted by Crippen LogP contribution is 2.33. The van der Waals surface area contributed by atoms with Crippen LogP contribution in [0, 0.1) is 11.8 Å². The number of carbonyl (C=O) groups excluding carboxylic acids is 2. The number of likely N-dealkylation sites (tertiary alicyclic amines) is 1. The van der Waals surface area contributed by atoms with Gasteiger partial charge in [-0.25, -0.2) is 0 Å². The van der Waals surface area contributed by atoms with E-state index in [1.807, 2.05) is 4.90 Å². The Kier molecular flexibility index (Phi) is 5.45. The Hall–Kier alpha value is -1.95. The van der Waals surface area contributed by atoms with Crippen LogP contribution in [0.25, 0.3) is 0 Å². The first-order valence-electron chi connectivity index (χ1n) is 8.76. The number of carbonyl (C=O) groups is 2. The van der Waals surface area contributed by atoms with Crippen LogP contribution in [-0.2, 0) is 9.53 Å². The summed E-state index contributed by atoms with van der Waals surface area (Å²) in [5, 5.41) is 2.98. The van der Waals surface area contributed by atoms with Gasteiger partial charge >= 0.3 is 0 Å². The zero-order chi connectivity index (χ0) is 16.9. The molecule has 2 amide bonds. The van der Waals surface area contributed by atoms with Crippen LogP contribution >= 0.6 is 0 Å². The SMILES string of the molecule is CCCCC(=O)N1C[C@@H]2[C@@H](CNC(=O)c3ccncc3)CO[C@@H]2C1.